The molecule has 0 aromatic heterocycles. The van der Waals surface area contributed by atoms with Crippen molar-refractivity contribution >= 4 is 11.6 Å². The van der Waals surface area contributed by atoms with Gasteiger partial charge in [-0.2, -0.15) is 0 Å². The zero-order chi connectivity index (χ0) is 14.9. The molecule has 0 bridgehead atoms. The Morgan fingerprint density at radius 1 is 1.29 bits per heavy atom. The standard InChI is InChI=1S/C16H29N3O2/c1-2-14-12-15(21-18-14)13-17-16(20)8-11-19-9-6-4-3-5-7-10-19/h15H,2-13H2,1H3,(H,17,20)/t15-/m1/s1. The van der Waals surface area contributed by atoms with E-state index in [-0.39, 0.29) is 12.0 Å². The molecule has 0 aromatic rings. The maximum absolute atomic E-state index is 11.9. The van der Waals surface area contributed by atoms with Gasteiger partial charge >= 0.3 is 0 Å². The first-order valence-corrected chi connectivity index (χ1v) is 8.48. The molecule has 2 rings (SSSR count). The highest BCUT2D eigenvalue weighted by molar-refractivity contribution is 5.85. The van der Waals surface area contributed by atoms with Gasteiger partial charge in [-0.05, 0) is 32.4 Å². The summed E-state index contributed by atoms with van der Waals surface area (Å²) in [6, 6.07) is 0. The van der Waals surface area contributed by atoms with Crippen LogP contribution < -0.4 is 5.32 Å². The Labute approximate surface area is 128 Å². The van der Waals surface area contributed by atoms with E-state index < -0.39 is 0 Å². The molecule has 1 saturated heterocycles. The van der Waals surface area contributed by atoms with E-state index >= 15 is 0 Å². The van der Waals surface area contributed by atoms with Crippen molar-refractivity contribution in [3.8, 4) is 0 Å². The Kier molecular flexibility index (Phi) is 7.00. The van der Waals surface area contributed by atoms with Crippen molar-refractivity contribution < 1.29 is 9.63 Å². The van der Waals surface area contributed by atoms with Crippen molar-refractivity contribution in [1.29, 1.82) is 0 Å². The van der Waals surface area contributed by atoms with Gasteiger partial charge in [-0.1, -0.05) is 31.3 Å². The molecule has 2 aliphatic rings. The number of carbonyl (C=O) groups is 1. The number of hydrogen-bond donors (Lipinski definition) is 1. The summed E-state index contributed by atoms with van der Waals surface area (Å²) in [6.07, 6.45) is 8.99. The number of rotatable bonds is 6. The number of amides is 1. The number of nitrogens with zero attached hydrogens (tertiary/aromatic N) is 2. The Morgan fingerprint density at radius 2 is 2.00 bits per heavy atom. The first-order valence-electron chi connectivity index (χ1n) is 8.48. The van der Waals surface area contributed by atoms with Gasteiger partial charge in [0.1, 0.15) is 6.10 Å². The topological polar surface area (TPSA) is 53.9 Å². The van der Waals surface area contributed by atoms with Crippen molar-refractivity contribution in [2.75, 3.05) is 26.2 Å². The van der Waals surface area contributed by atoms with Crippen molar-refractivity contribution in [3.63, 3.8) is 0 Å². The number of carbonyl (C=O) groups excluding carboxylic acids is 1. The highest BCUT2D eigenvalue weighted by Crippen LogP contribution is 2.12. The van der Waals surface area contributed by atoms with Crippen LogP contribution in [0.4, 0.5) is 0 Å². The molecule has 1 fully saturated rings. The fourth-order valence-corrected chi connectivity index (χ4v) is 2.92. The second-order valence-electron chi connectivity index (χ2n) is 6.11. The first kappa shape index (κ1) is 16.3. The average Bonchev–Trinajstić information content (AvgIpc) is 2.92. The summed E-state index contributed by atoms with van der Waals surface area (Å²) >= 11 is 0. The van der Waals surface area contributed by atoms with E-state index in [1.165, 1.54) is 32.1 Å². The molecule has 1 atom stereocenters. The molecular formula is C16H29N3O2. The van der Waals surface area contributed by atoms with Crippen LogP contribution in [0.15, 0.2) is 5.16 Å². The van der Waals surface area contributed by atoms with Gasteiger partial charge in [0.25, 0.3) is 0 Å². The lowest BCUT2D eigenvalue weighted by atomic mass is 10.1. The van der Waals surface area contributed by atoms with Gasteiger partial charge in [0.05, 0.1) is 12.3 Å². The van der Waals surface area contributed by atoms with Crippen molar-refractivity contribution in [2.45, 2.75) is 64.4 Å². The summed E-state index contributed by atoms with van der Waals surface area (Å²) in [5.41, 5.74) is 1.09. The Hall–Kier alpha value is -1.10. The van der Waals surface area contributed by atoms with Gasteiger partial charge in [-0.15, -0.1) is 0 Å². The van der Waals surface area contributed by atoms with E-state index in [1.807, 2.05) is 0 Å². The van der Waals surface area contributed by atoms with E-state index in [0.717, 1.165) is 38.2 Å². The van der Waals surface area contributed by atoms with E-state index in [0.29, 0.717) is 13.0 Å². The number of hydrogen-bond acceptors (Lipinski definition) is 4. The van der Waals surface area contributed by atoms with Crippen LogP contribution in [0.1, 0.15) is 58.3 Å². The van der Waals surface area contributed by atoms with Crippen LogP contribution in [0.2, 0.25) is 0 Å². The van der Waals surface area contributed by atoms with Crippen molar-refractivity contribution in [2.24, 2.45) is 5.16 Å². The zero-order valence-corrected chi connectivity index (χ0v) is 13.3. The third-order valence-electron chi connectivity index (χ3n) is 4.33. The first-order chi connectivity index (χ1) is 10.3. The SMILES string of the molecule is CCC1=NO[C@@H](CNC(=O)CCN2CCCCCCC2)C1. The number of nitrogens with one attached hydrogen (secondary N) is 1. The lowest BCUT2D eigenvalue weighted by Crippen LogP contribution is -2.36. The summed E-state index contributed by atoms with van der Waals surface area (Å²) < 4.78 is 0. The minimum Gasteiger partial charge on any atom is -0.390 e. The largest absolute Gasteiger partial charge is 0.390 e. The van der Waals surface area contributed by atoms with Gasteiger partial charge < -0.3 is 15.1 Å². The van der Waals surface area contributed by atoms with Gasteiger partial charge in [0, 0.05) is 19.4 Å². The van der Waals surface area contributed by atoms with Crippen LogP contribution in [0, 0.1) is 0 Å². The molecule has 2 aliphatic heterocycles. The molecule has 1 amide bonds. The minimum atomic E-state index is 0.0330. The van der Waals surface area contributed by atoms with Crippen LogP contribution in [0.25, 0.3) is 0 Å². The van der Waals surface area contributed by atoms with Crippen LogP contribution in [0.5, 0.6) is 0 Å². The molecule has 0 spiro atoms. The molecule has 0 radical (unpaired) electrons. The predicted molar refractivity (Wildman–Crippen MR) is 84.4 cm³/mol. The van der Waals surface area contributed by atoms with E-state index in [1.54, 1.807) is 0 Å². The van der Waals surface area contributed by atoms with Crippen LogP contribution in [0.3, 0.4) is 0 Å². The fraction of sp³-hybridized carbons (Fsp3) is 0.875. The number of oxime groups is 1. The van der Waals surface area contributed by atoms with Gasteiger partial charge in [0.2, 0.25) is 5.91 Å². The molecular weight excluding hydrogens is 266 g/mol. The number of likely N-dealkylation sites (tertiary alicyclic amines) is 1. The second kappa shape index (κ2) is 9.03. The van der Waals surface area contributed by atoms with Crippen LogP contribution in [-0.2, 0) is 9.63 Å². The third kappa shape index (κ3) is 6.04. The summed E-state index contributed by atoms with van der Waals surface area (Å²) in [6.45, 7) is 5.83. The lowest BCUT2D eigenvalue weighted by Gasteiger charge is -2.24. The normalized spacial score (nSPS) is 23.9. The molecule has 0 unspecified atom stereocenters. The molecule has 0 saturated carbocycles. The summed E-state index contributed by atoms with van der Waals surface area (Å²) in [7, 11) is 0. The van der Waals surface area contributed by atoms with Gasteiger partial charge in [-0.3, -0.25) is 4.79 Å². The van der Waals surface area contributed by atoms with Crippen molar-refractivity contribution in [1.82, 2.24) is 10.2 Å². The molecule has 0 aliphatic carbocycles. The molecule has 5 nitrogen and oxygen atoms in total. The predicted octanol–water partition coefficient (Wildman–Crippen LogP) is 2.31. The smallest absolute Gasteiger partial charge is 0.221 e. The van der Waals surface area contributed by atoms with Crippen LogP contribution in [-0.4, -0.2) is 48.8 Å². The second-order valence-corrected chi connectivity index (χ2v) is 6.11. The highest BCUT2D eigenvalue weighted by Gasteiger charge is 2.20. The fourth-order valence-electron chi connectivity index (χ4n) is 2.92. The highest BCUT2D eigenvalue weighted by atomic mass is 16.6. The van der Waals surface area contributed by atoms with E-state index in [9.17, 15) is 4.79 Å². The summed E-state index contributed by atoms with van der Waals surface area (Å²) in [5.74, 6) is 0.130. The minimum absolute atomic E-state index is 0.0330. The molecule has 2 heterocycles. The molecule has 120 valence electrons. The van der Waals surface area contributed by atoms with Gasteiger partial charge in [0.15, 0.2) is 0 Å². The Balaban J connectivity index is 1.57. The lowest BCUT2D eigenvalue weighted by molar-refractivity contribution is -0.122. The van der Waals surface area contributed by atoms with Crippen molar-refractivity contribution in [3.05, 3.63) is 0 Å². The summed E-state index contributed by atoms with van der Waals surface area (Å²) in [5, 5.41) is 6.98. The maximum Gasteiger partial charge on any atom is 0.221 e. The van der Waals surface area contributed by atoms with Gasteiger partial charge in [-0.25, -0.2) is 0 Å². The maximum atomic E-state index is 11.9. The monoisotopic (exact) mass is 295 g/mol. The molecule has 21 heavy (non-hydrogen) atoms. The molecule has 0 aromatic carbocycles. The third-order valence-corrected chi connectivity index (χ3v) is 4.33. The van der Waals surface area contributed by atoms with E-state index in [2.05, 4.69) is 22.3 Å². The molecule has 5 heteroatoms. The zero-order valence-electron chi connectivity index (χ0n) is 13.3. The Morgan fingerprint density at radius 3 is 2.67 bits per heavy atom. The average molecular weight is 295 g/mol. The summed E-state index contributed by atoms with van der Waals surface area (Å²) in [4.78, 5) is 19.6. The Bertz CT molecular complexity index is 349. The molecule has 1 N–H and O–H groups in total. The quantitative estimate of drug-likeness (QED) is 0.818. The van der Waals surface area contributed by atoms with Crippen LogP contribution >= 0.6 is 0 Å². The van der Waals surface area contributed by atoms with E-state index in [4.69, 9.17) is 4.84 Å².